The molecule has 0 saturated heterocycles. The largest absolute Gasteiger partial charge is 0.489 e. The van der Waals surface area contributed by atoms with Crippen LogP contribution in [0.4, 0.5) is 20.2 Å². The van der Waals surface area contributed by atoms with Gasteiger partial charge in [0.1, 0.15) is 0 Å². The monoisotopic (exact) mass is 468 g/mol. The maximum atomic E-state index is 13.0. The molecule has 0 amide bonds. The quantitative estimate of drug-likeness (QED) is 0.322. The summed E-state index contributed by atoms with van der Waals surface area (Å²) in [6.07, 6.45) is 5.58. The number of halogens is 2. The van der Waals surface area contributed by atoms with Gasteiger partial charge in [0.15, 0.2) is 11.5 Å². The Bertz CT molecular complexity index is 1110. The number of carbonyl (C=O) groups is 1. The SMILES string of the molecule is CCOC(=O)c1cccc(N(Cc2cccnc2)c2ccc(OC(F)F)c(OCC3CC3)c2)c1. The van der Waals surface area contributed by atoms with Gasteiger partial charge in [-0.1, -0.05) is 12.1 Å². The van der Waals surface area contributed by atoms with Crippen molar-refractivity contribution in [3.63, 3.8) is 0 Å². The lowest BCUT2D eigenvalue weighted by atomic mass is 10.1. The van der Waals surface area contributed by atoms with Gasteiger partial charge in [0.25, 0.3) is 0 Å². The van der Waals surface area contributed by atoms with Gasteiger partial charge in [0, 0.05) is 36.4 Å². The van der Waals surface area contributed by atoms with Crippen LogP contribution in [0.5, 0.6) is 11.5 Å². The summed E-state index contributed by atoms with van der Waals surface area (Å²) in [6, 6.07) is 15.7. The number of ether oxygens (including phenoxy) is 3. The van der Waals surface area contributed by atoms with Gasteiger partial charge in [-0.3, -0.25) is 4.98 Å². The number of benzene rings is 2. The van der Waals surface area contributed by atoms with Gasteiger partial charge in [0.05, 0.1) is 18.8 Å². The molecular formula is C26H26F2N2O4. The van der Waals surface area contributed by atoms with Gasteiger partial charge >= 0.3 is 12.6 Å². The number of esters is 1. The molecule has 1 fully saturated rings. The topological polar surface area (TPSA) is 60.9 Å². The summed E-state index contributed by atoms with van der Waals surface area (Å²) in [5.41, 5.74) is 2.76. The molecule has 3 aromatic rings. The number of anilines is 2. The van der Waals surface area contributed by atoms with Gasteiger partial charge < -0.3 is 19.1 Å². The van der Waals surface area contributed by atoms with E-state index in [0.717, 1.165) is 24.1 Å². The lowest BCUT2D eigenvalue weighted by molar-refractivity contribution is -0.0515. The Balaban J connectivity index is 1.71. The molecule has 0 spiro atoms. The standard InChI is InChI=1S/C26H26F2N2O4/c1-2-32-25(31)20-6-3-7-21(13-20)30(16-19-5-4-12-29-15-19)22-10-11-23(34-26(27)28)24(14-22)33-17-18-8-9-18/h3-7,10-15,18,26H,2,8-9,16-17H2,1H3. The second kappa shape index (κ2) is 11.0. The van der Waals surface area contributed by atoms with Crippen LogP contribution in [-0.2, 0) is 11.3 Å². The highest BCUT2D eigenvalue weighted by atomic mass is 19.3. The number of pyridine rings is 1. The normalized spacial score (nSPS) is 12.9. The number of nitrogens with zero attached hydrogens (tertiary/aromatic N) is 2. The fourth-order valence-electron chi connectivity index (χ4n) is 3.48. The molecule has 8 heteroatoms. The first-order valence-corrected chi connectivity index (χ1v) is 11.2. The van der Waals surface area contributed by atoms with Crippen LogP contribution in [0.25, 0.3) is 0 Å². The van der Waals surface area contributed by atoms with Crippen molar-refractivity contribution in [2.45, 2.75) is 32.9 Å². The summed E-state index contributed by atoms with van der Waals surface area (Å²) >= 11 is 0. The van der Waals surface area contributed by atoms with E-state index < -0.39 is 12.6 Å². The van der Waals surface area contributed by atoms with Crippen LogP contribution in [-0.4, -0.2) is 30.8 Å². The van der Waals surface area contributed by atoms with Crippen LogP contribution in [0.15, 0.2) is 67.0 Å². The summed E-state index contributed by atoms with van der Waals surface area (Å²) in [7, 11) is 0. The molecule has 0 N–H and O–H groups in total. The van der Waals surface area contributed by atoms with Crippen molar-refractivity contribution in [3.05, 3.63) is 78.1 Å². The molecule has 0 radical (unpaired) electrons. The van der Waals surface area contributed by atoms with Gasteiger partial charge in [-0.25, -0.2) is 4.79 Å². The average Bonchev–Trinajstić information content (AvgIpc) is 3.67. The van der Waals surface area contributed by atoms with E-state index in [1.54, 1.807) is 49.6 Å². The molecule has 2 aromatic carbocycles. The van der Waals surface area contributed by atoms with E-state index in [4.69, 9.17) is 9.47 Å². The Morgan fingerprint density at radius 2 is 1.91 bits per heavy atom. The molecule has 0 bridgehead atoms. The van der Waals surface area contributed by atoms with Crippen LogP contribution >= 0.6 is 0 Å². The minimum Gasteiger partial charge on any atom is -0.489 e. The number of rotatable bonds is 11. The van der Waals surface area contributed by atoms with Gasteiger partial charge in [-0.15, -0.1) is 0 Å². The second-order valence-corrected chi connectivity index (χ2v) is 7.98. The molecule has 34 heavy (non-hydrogen) atoms. The molecule has 1 saturated carbocycles. The fourth-order valence-corrected chi connectivity index (χ4v) is 3.48. The molecule has 178 valence electrons. The van der Waals surface area contributed by atoms with Crippen molar-refractivity contribution in [2.75, 3.05) is 18.1 Å². The first-order valence-electron chi connectivity index (χ1n) is 11.2. The highest BCUT2D eigenvalue weighted by Gasteiger charge is 2.24. The lowest BCUT2D eigenvalue weighted by Crippen LogP contribution is -2.18. The van der Waals surface area contributed by atoms with Crippen LogP contribution in [0.3, 0.4) is 0 Å². The molecule has 1 aromatic heterocycles. The van der Waals surface area contributed by atoms with Crippen molar-refractivity contribution in [2.24, 2.45) is 5.92 Å². The van der Waals surface area contributed by atoms with E-state index >= 15 is 0 Å². The third-order valence-electron chi connectivity index (χ3n) is 5.36. The van der Waals surface area contributed by atoms with Crippen molar-refractivity contribution >= 4 is 17.3 Å². The summed E-state index contributed by atoms with van der Waals surface area (Å²) < 4.78 is 41.6. The first-order chi connectivity index (χ1) is 16.5. The first kappa shape index (κ1) is 23.5. The van der Waals surface area contributed by atoms with Crippen molar-refractivity contribution in [3.8, 4) is 11.5 Å². The predicted octanol–water partition coefficient (Wildman–Crippen LogP) is 5.99. The predicted molar refractivity (Wildman–Crippen MR) is 124 cm³/mol. The summed E-state index contributed by atoms with van der Waals surface area (Å²) in [5.74, 6) is 0.263. The van der Waals surface area contributed by atoms with E-state index in [0.29, 0.717) is 30.3 Å². The van der Waals surface area contributed by atoms with E-state index in [1.165, 1.54) is 6.07 Å². The number of alkyl halides is 2. The zero-order valence-electron chi connectivity index (χ0n) is 18.8. The molecule has 0 aliphatic heterocycles. The van der Waals surface area contributed by atoms with Gasteiger partial charge in [-0.05, 0) is 67.6 Å². The zero-order chi connectivity index (χ0) is 23.9. The van der Waals surface area contributed by atoms with Crippen molar-refractivity contribution in [1.29, 1.82) is 0 Å². The smallest absolute Gasteiger partial charge is 0.387 e. The van der Waals surface area contributed by atoms with E-state index in [9.17, 15) is 13.6 Å². The second-order valence-electron chi connectivity index (χ2n) is 7.98. The Morgan fingerprint density at radius 1 is 1.09 bits per heavy atom. The average molecular weight is 469 g/mol. The Hall–Kier alpha value is -3.68. The van der Waals surface area contributed by atoms with Gasteiger partial charge in [-0.2, -0.15) is 8.78 Å². The van der Waals surface area contributed by atoms with Crippen molar-refractivity contribution in [1.82, 2.24) is 4.98 Å². The Kier molecular flexibility index (Phi) is 7.57. The van der Waals surface area contributed by atoms with Crippen LogP contribution in [0.1, 0.15) is 35.7 Å². The molecule has 1 aliphatic rings. The third kappa shape index (κ3) is 6.21. The van der Waals surface area contributed by atoms with Crippen LogP contribution in [0.2, 0.25) is 0 Å². The lowest BCUT2D eigenvalue weighted by Gasteiger charge is -2.26. The highest BCUT2D eigenvalue weighted by molar-refractivity contribution is 5.91. The Morgan fingerprint density at radius 3 is 2.62 bits per heavy atom. The molecule has 0 atom stereocenters. The summed E-state index contributed by atoms with van der Waals surface area (Å²) in [6.45, 7) is -0.0542. The molecule has 0 unspecified atom stereocenters. The molecular weight excluding hydrogens is 442 g/mol. The molecule has 4 rings (SSSR count). The van der Waals surface area contributed by atoms with E-state index in [2.05, 4.69) is 9.72 Å². The van der Waals surface area contributed by atoms with E-state index in [1.807, 2.05) is 23.1 Å². The minimum absolute atomic E-state index is 0.0130. The number of hydrogen-bond donors (Lipinski definition) is 0. The van der Waals surface area contributed by atoms with Crippen LogP contribution in [0, 0.1) is 5.92 Å². The zero-order valence-corrected chi connectivity index (χ0v) is 18.8. The number of aromatic nitrogens is 1. The third-order valence-corrected chi connectivity index (χ3v) is 5.36. The molecule has 6 nitrogen and oxygen atoms in total. The van der Waals surface area contributed by atoms with Crippen molar-refractivity contribution < 1.29 is 27.8 Å². The minimum atomic E-state index is -2.96. The summed E-state index contributed by atoms with van der Waals surface area (Å²) in [5, 5.41) is 0. The number of carbonyl (C=O) groups excluding carboxylic acids is 1. The molecule has 1 aliphatic carbocycles. The summed E-state index contributed by atoms with van der Waals surface area (Å²) in [4.78, 5) is 18.5. The fraction of sp³-hybridized carbons (Fsp3) is 0.308. The van der Waals surface area contributed by atoms with E-state index in [-0.39, 0.29) is 18.1 Å². The Labute approximate surface area is 197 Å². The van der Waals surface area contributed by atoms with Crippen LogP contribution < -0.4 is 14.4 Å². The van der Waals surface area contributed by atoms with Gasteiger partial charge in [0.2, 0.25) is 0 Å². The maximum absolute atomic E-state index is 13.0. The number of hydrogen-bond acceptors (Lipinski definition) is 6. The maximum Gasteiger partial charge on any atom is 0.387 e. The molecule has 1 heterocycles. The highest BCUT2D eigenvalue weighted by Crippen LogP contribution is 2.38.